The second-order valence-electron chi connectivity index (χ2n) is 6.89. The summed E-state index contributed by atoms with van der Waals surface area (Å²) in [5.74, 6) is -0.0180. The summed E-state index contributed by atoms with van der Waals surface area (Å²) in [6, 6.07) is 25.7. The molecule has 3 aromatic rings. The van der Waals surface area contributed by atoms with Gasteiger partial charge in [0, 0.05) is 28.0 Å². The maximum absolute atomic E-state index is 13.2. The van der Waals surface area contributed by atoms with Crippen LogP contribution in [0.3, 0.4) is 0 Å². The van der Waals surface area contributed by atoms with Crippen LogP contribution in [0.2, 0.25) is 5.02 Å². The Morgan fingerprint density at radius 3 is 2.52 bits per heavy atom. The van der Waals surface area contributed by atoms with Crippen molar-refractivity contribution in [2.75, 3.05) is 10.2 Å². The lowest BCUT2D eigenvalue weighted by molar-refractivity contribution is 0.0974. The molecule has 0 bridgehead atoms. The van der Waals surface area contributed by atoms with Gasteiger partial charge in [-0.05, 0) is 55.3 Å². The number of carbonyl (C=O) groups excluding carboxylic acids is 1. The van der Waals surface area contributed by atoms with Gasteiger partial charge in [-0.25, -0.2) is 0 Å². The van der Waals surface area contributed by atoms with E-state index >= 15 is 0 Å². The van der Waals surface area contributed by atoms with Crippen molar-refractivity contribution in [1.29, 1.82) is 0 Å². The van der Waals surface area contributed by atoms with Crippen LogP contribution in [0.4, 0.5) is 11.4 Å². The molecule has 0 saturated heterocycles. The lowest BCUT2D eigenvalue weighted by Gasteiger charge is -2.40. The van der Waals surface area contributed by atoms with Crippen molar-refractivity contribution in [3.63, 3.8) is 0 Å². The number of nitrogens with one attached hydrogen (secondary N) is 1. The molecule has 0 spiro atoms. The van der Waals surface area contributed by atoms with Gasteiger partial charge in [0.1, 0.15) is 0 Å². The molecule has 0 radical (unpaired) electrons. The number of carbonyl (C=O) groups is 1. The van der Waals surface area contributed by atoms with Gasteiger partial charge in [0.2, 0.25) is 0 Å². The van der Waals surface area contributed by atoms with E-state index < -0.39 is 0 Å². The van der Waals surface area contributed by atoms with Crippen LogP contribution >= 0.6 is 11.6 Å². The summed E-state index contributed by atoms with van der Waals surface area (Å²) in [6.45, 7) is 2.10. The molecule has 136 valence electrons. The minimum absolute atomic E-state index is 0.0180. The summed E-state index contributed by atoms with van der Waals surface area (Å²) in [5, 5.41) is 4.19. The fourth-order valence-corrected chi connectivity index (χ4v) is 3.95. The van der Waals surface area contributed by atoms with Crippen LogP contribution in [0.15, 0.2) is 78.9 Å². The molecule has 0 aliphatic carbocycles. The monoisotopic (exact) mass is 376 g/mol. The molecule has 1 heterocycles. The molecule has 1 amide bonds. The fourth-order valence-electron chi connectivity index (χ4n) is 3.75. The lowest BCUT2D eigenvalue weighted by atomic mass is 9.90. The SMILES string of the molecule is C[C@@H]1C[C@@H](Nc2ccccc2)c2ccccc2N1C(=O)c1cccc(Cl)c1. The number of hydrogen-bond donors (Lipinski definition) is 1. The van der Waals surface area contributed by atoms with Crippen molar-refractivity contribution >= 4 is 28.9 Å². The van der Waals surface area contributed by atoms with E-state index in [1.54, 1.807) is 12.1 Å². The molecule has 27 heavy (non-hydrogen) atoms. The van der Waals surface area contributed by atoms with Gasteiger partial charge in [-0.15, -0.1) is 0 Å². The van der Waals surface area contributed by atoms with Crippen LogP contribution in [-0.4, -0.2) is 11.9 Å². The van der Waals surface area contributed by atoms with E-state index in [1.165, 1.54) is 0 Å². The Bertz CT molecular complexity index is 957. The topological polar surface area (TPSA) is 32.3 Å². The van der Waals surface area contributed by atoms with E-state index in [1.807, 2.05) is 53.4 Å². The number of benzene rings is 3. The highest BCUT2D eigenvalue weighted by molar-refractivity contribution is 6.31. The molecule has 3 aromatic carbocycles. The minimum atomic E-state index is -0.0180. The van der Waals surface area contributed by atoms with Gasteiger partial charge in [-0.1, -0.05) is 54.1 Å². The quantitative estimate of drug-likeness (QED) is 0.614. The van der Waals surface area contributed by atoms with Gasteiger partial charge in [0.05, 0.1) is 6.04 Å². The third kappa shape index (κ3) is 3.56. The second kappa shape index (κ2) is 7.45. The molecule has 0 unspecified atom stereocenters. The molecule has 0 fully saturated rings. The number of anilines is 2. The predicted molar refractivity (Wildman–Crippen MR) is 112 cm³/mol. The van der Waals surface area contributed by atoms with Gasteiger partial charge >= 0.3 is 0 Å². The number of para-hydroxylation sites is 2. The lowest BCUT2D eigenvalue weighted by Crippen LogP contribution is -2.44. The highest BCUT2D eigenvalue weighted by Gasteiger charge is 2.34. The highest BCUT2D eigenvalue weighted by atomic mass is 35.5. The first-order valence-corrected chi connectivity index (χ1v) is 9.51. The molecular formula is C23H21ClN2O. The van der Waals surface area contributed by atoms with E-state index in [0.717, 1.165) is 23.4 Å². The van der Waals surface area contributed by atoms with Gasteiger partial charge in [-0.2, -0.15) is 0 Å². The normalized spacial score (nSPS) is 18.7. The average molecular weight is 377 g/mol. The predicted octanol–water partition coefficient (Wildman–Crippen LogP) is 5.93. The molecule has 4 rings (SSSR count). The number of fused-ring (bicyclic) bond motifs is 1. The van der Waals surface area contributed by atoms with E-state index in [0.29, 0.717) is 10.6 Å². The minimum Gasteiger partial charge on any atom is -0.378 e. The van der Waals surface area contributed by atoms with Gasteiger partial charge in [0.15, 0.2) is 0 Å². The fraction of sp³-hybridized carbons (Fsp3) is 0.174. The Labute approximate surface area is 164 Å². The molecular weight excluding hydrogens is 356 g/mol. The van der Waals surface area contributed by atoms with Crippen LogP contribution in [-0.2, 0) is 0 Å². The maximum Gasteiger partial charge on any atom is 0.258 e. The van der Waals surface area contributed by atoms with Crippen LogP contribution in [0.5, 0.6) is 0 Å². The van der Waals surface area contributed by atoms with Gasteiger partial charge < -0.3 is 10.2 Å². The smallest absolute Gasteiger partial charge is 0.258 e. The van der Waals surface area contributed by atoms with E-state index in [2.05, 4.69) is 30.4 Å². The maximum atomic E-state index is 13.2. The Kier molecular flexibility index (Phi) is 4.87. The van der Waals surface area contributed by atoms with Crippen molar-refractivity contribution < 1.29 is 4.79 Å². The highest BCUT2D eigenvalue weighted by Crippen LogP contribution is 2.39. The molecule has 0 saturated carbocycles. The summed E-state index contributed by atoms with van der Waals surface area (Å²) in [6.07, 6.45) is 0.832. The van der Waals surface area contributed by atoms with Crippen molar-refractivity contribution in [2.45, 2.75) is 25.4 Å². The van der Waals surface area contributed by atoms with Crippen molar-refractivity contribution in [1.82, 2.24) is 0 Å². The van der Waals surface area contributed by atoms with Crippen LogP contribution in [0.25, 0.3) is 0 Å². The standard InChI is InChI=1S/C23H21ClN2O/c1-16-14-21(25-19-10-3-2-4-11-19)20-12-5-6-13-22(20)26(16)23(27)17-8-7-9-18(24)15-17/h2-13,15-16,21,25H,14H2,1H3/t16-,21-/m1/s1. The zero-order valence-electron chi connectivity index (χ0n) is 15.1. The zero-order valence-corrected chi connectivity index (χ0v) is 15.9. The van der Waals surface area contributed by atoms with Crippen molar-refractivity contribution in [2.24, 2.45) is 0 Å². The Morgan fingerprint density at radius 1 is 1.00 bits per heavy atom. The third-order valence-electron chi connectivity index (χ3n) is 4.99. The number of halogens is 1. The summed E-state index contributed by atoms with van der Waals surface area (Å²) in [5.41, 5.74) is 3.78. The first-order chi connectivity index (χ1) is 13.1. The largest absolute Gasteiger partial charge is 0.378 e. The molecule has 4 heteroatoms. The molecule has 1 N–H and O–H groups in total. The Balaban J connectivity index is 1.70. The molecule has 1 aliphatic rings. The number of amides is 1. The van der Waals surface area contributed by atoms with E-state index in [9.17, 15) is 4.79 Å². The summed E-state index contributed by atoms with van der Waals surface area (Å²) in [4.78, 5) is 15.1. The summed E-state index contributed by atoms with van der Waals surface area (Å²) in [7, 11) is 0. The summed E-state index contributed by atoms with van der Waals surface area (Å²) >= 11 is 6.10. The van der Waals surface area contributed by atoms with Gasteiger partial charge in [0.25, 0.3) is 5.91 Å². The van der Waals surface area contributed by atoms with E-state index in [-0.39, 0.29) is 18.0 Å². The first kappa shape index (κ1) is 17.6. The first-order valence-electron chi connectivity index (χ1n) is 9.13. The van der Waals surface area contributed by atoms with Crippen molar-refractivity contribution in [3.8, 4) is 0 Å². The van der Waals surface area contributed by atoms with Crippen LogP contribution in [0.1, 0.15) is 35.3 Å². The number of hydrogen-bond acceptors (Lipinski definition) is 2. The third-order valence-corrected chi connectivity index (χ3v) is 5.23. The average Bonchev–Trinajstić information content (AvgIpc) is 2.68. The van der Waals surface area contributed by atoms with Gasteiger partial charge in [-0.3, -0.25) is 4.79 Å². The molecule has 3 nitrogen and oxygen atoms in total. The molecule has 1 aliphatic heterocycles. The van der Waals surface area contributed by atoms with Crippen LogP contribution in [0, 0.1) is 0 Å². The molecule has 0 aromatic heterocycles. The number of rotatable bonds is 3. The number of nitrogens with zero attached hydrogens (tertiary/aromatic N) is 1. The summed E-state index contributed by atoms with van der Waals surface area (Å²) < 4.78 is 0. The second-order valence-corrected chi connectivity index (χ2v) is 7.33. The Hall–Kier alpha value is -2.78. The molecule has 2 atom stereocenters. The Morgan fingerprint density at radius 2 is 1.74 bits per heavy atom. The zero-order chi connectivity index (χ0) is 18.8. The van der Waals surface area contributed by atoms with E-state index in [4.69, 9.17) is 11.6 Å². The van der Waals surface area contributed by atoms with Crippen LogP contribution < -0.4 is 10.2 Å². The van der Waals surface area contributed by atoms with Crippen molar-refractivity contribution in [3.05, 3.63) is 95.0 Å².